The smallest absolute Gasteiger partial charge is 0.263 e. The summed E-state index contributed by atoms with van der Waals surface area (Å²) in [6.07, 6.45) is 0.697. The molecule has 0 aliphatic rings. The molecular weight excluding hydrogens is 394 g/mol. The van der Waals surface area contributed by atoms with Gasteiger partial charge in [0.15, 0.2) is 5.13 Å². The Hall–Kier alpha value is -2.71. The Labute approximate surface area is 168 Å². The summed E-state index contributed by atoms with van der Waals surface area (Å²) in [5, 5.41) is 4.96. The van der Waals surface area contributed by atoms with Crippen molar-refractivity contribution in [3.8, 4) is 0 Å². The molecule has 0 aliphatic heterocycles. The number of benzene rings is 2. The molecule has 3 rings (SSSR count). The topological polar surface area (TPSA) is 88.2 Å². The molecule has 6 nitrogen and oxygen atoms in total. The molecule has 1 aromatic heterocycles. The highest BCUT2D eigenvalue weighted by molar-refractivity contribution is 7.93. The molecule has 0 atom stereocenters. The number of amides is 1. The van der Waals surface area contributed by atoms with Gasteiger partial charge in [0.05, 0.1) is 10.6 Å². The molecular formula is C20H21N3O3S2. The predicted octanol–water partition coefficient (Wildman–Crippen LogP) is 4.13. The van der Waals surface area contributed by atoms with Crippen LogP contribution in [-0.4, -0.2) is 19.3 Å². The molecule has 1 amide bonds. The average molecular weight is 416 g/mol. The molecule has 0 radical (unpaired) electrons. The average Bonchev–Trinajstić information content (AvgIpc) is 3.11. The van der Waals surface area contributed by atoms with Crippen LogP contribution in [-0.2, 0) is 21.2 Å². The number of hydrogen-bond donors (Lipinski definition) is 2. The molecule has 0 saturated heterocycles. The van der Waals surface area contributed by atoms with Gasteiger partial charge in [-0.3, -0.25) is 9.52 Å². The van der Waals surface area contributed by atoms with Gasteiger partial charge in [-0.2, -0.15) is 0 Å². The van der Waals surface area contributed by atoms with Gasteiger partial charge < -0.3 is 5.32 Å². The first-order chi connectivity index (χ1) is 13.3. The van der Waals surface area contributed by atoms with Gasteiger partial charge in [0.1, 0.15) is 0 Å². The number of aryl methyl sites for hydroxylation is 2. The lowest BCUT2D eigenvalue weighted by Crippen LogP contribution is -2.14. The Morgan fingerprint density at radius 1 is 1.07 bits per heavy atom. The fourth-order valence-electron chi connectivity index (χ4n) is 2.58. The van der Waals surface area contributed by atoms with Crippen LogP contribution in [0.15, 0.2) is 58.8 Å². The number of aromatic nitrogens is 1. The van der Waals surface area contributed by atoms with Gasteiger partial charge in [-0.15, -0.1) is 11.3 Å². The van der Waals surface area contributed by atoms with E-state index in [1.165, 1.54) is 23.5 Å². The number of anilines is 2. The van der Waals surface area contributed by atoms with Crippen LogP contribution < -0.4 is 10.0 Å². The monoisotopic (exact) mass is 415 g/mol. The maximum atomic E-state index is 12.3. The lowest BCUT2D eigenvalue weighted by atomic mass is 10.1. The van der Waals surface area contributed by atoms with Gasteiger partial charge in [0, 0.05) is 17.5 Å². The minimum Gasteiger partial charge on any atom is -0.326 e. The Bertz CT molecular complexity index is 1080. The summed E-state index contributed by atoms with van der Waals surface area (Å²) in [5.74, 6) is -0.104. The van der Waals surface area contributed by atoms with Crippen molar-refractivity contribution in [2.75, 3.05) is 10.0 Å². The summed E-state index contributed by atoms with van der Waals surface area (Å²) < 4.78 is 27.1. The largest absolute Gasteiger partial charge is 0.326 e. The van der Waals surface area contributed by atoms with E-state index in [1.807, 2.05) is 32.0 Å². The summed E-state index contributed by atoms with van der Waals surface area (Å²) in [4.78, 5) is 16.7. The van der Waals surface area contributed by atoms with E-state index in [1.54, 1.807) is 23.6 Å². The Morgan fingerprint density at radius 3 is 2.57 bits per heavy atom. The minimum atomic E-state index is -3.66. The van der Waals surface area contributed by atoms with Crippen LogP contribution in [0.25, 0.3) is 0 Å². The number of nitrogens with one attached hydrogen (secondary N) is 2. The number of rotatable bonds is 7. The Kier molecular flexibility index (Phi) is 6.11. The third-order valence-corrected chi connectivity index (χ3v) is 6.60. The van der Waals surface area contributed by atoms with Crippen LogP contribution in [0.4, 0.5) is 10.8 Å². The lowest BCUT2D eigenvalue weighted by Gasteiger charge is -2.09. The molecule has 0 aliphatic carbocycles. The van der Waals surface area contributed by atoms with Gasteiger partial charge >= 0.3 is 0 Å². The molecule has 3 aromatic rings. The molecule has 2 aromatic carbocycles. The molecule has 0 bridgehead atoms. The van der Waals surface area contributed by atoms with Crippen molar-refractivity contribution in [1.82, 2.24) is 4.98 Å². The van der Waals surface area contributed by atoms with Crippen molar-refractivity contribution >= 4 is 38.1 Å². The van der Waals surface area contributed by atoms with E-state index in [-0.39, 0.29) is 22.4 Å². The van der Waals surface area contributed by atoms with Crippen molar-refractivity contribution in [2.45, 2.75) is 31.6 Å². The van der Waals surface area contributed by atoms with Crippen LogP contribution in [0.5, 0.6) is 0 Å². The fraction of sp³-hybridized carbons (Fsp3) is 0.200. The first kappa shape index (κ1) is 20.0. The Balaban J connectivity index is 1.57. The second-order valence-corrected chi connectivity index (χ2v) is 8.90. The van der Waals surface area contributed by atoms with E-state index >= 15 is 0 Å². The van der Waals surface area contributed by atoms with Crippen molar-refractivity contribution in [3.63, 3.8) is 0 Å². The molecule has 0 spiro atoms. The fourth-order valence-corrected chi connectivity index (χ4v) is 4.60. The van der Waals surface area contributed by atoms with Crippen LogP contribution in [0.1, 0.15) is 23.2 Å². The second-order valence-electron chi connectivity index (χ2n) is 6.36. The maximum Gasteiger partial charge on any atom is 0.263 e. The lowest BCUT2D eigenvalue weighted by molar-refractivity contribution is -0.116. The highest BCUT2D eigenvalue weighted by atomic mass is 32.2. The minimum absolute atomic E-state index is 0.104. The number of sulfonamides is 1. The molecule has 1 heterocycles. The summed E-state index contributed by atoms with van der Waals surface area (Å²) in [7, 11) is -3.66. The predicted molar refractivity (Wildman–Crippen MR) is 112 cm³/mol. The van der Waals surface area contributed by atoms with Crippen LogP contribution >= 0.6 is 11.3 Å². The summed E-state index contributed by atoms with van der Waals surface area (Å²) in [6.45, 7) is 3.97. The summed E-state index contributed by atoms with van der Waals surface area (Å²) >= 11 is 1.20. The molecule has 2 N–H and O–H groups in total. The standard InChI is InChI=1S/C20H21N3O3S2/c1-14-7-6-10-18(15(14)2)22-19(24)12-11-16-13-27-20(21-16)23-28(25,26)17-8-4-3-5-9-17/h3-10,13H,11-12H2,1-2H3,(H,21,23)(H,22,24). The SMILES string of the molecule is Cc1cccc(NC(=O)CCc2csc(NS(=O)(=O)c3ccccc3)n2)c1C. The first-order valence-corrected chi connectivity index (χ1v) is 11.1. The van der Waals surface area contributed by atoms with Gasteiger partial charge in [-0.25, -0.2) is 13.4 Å². The Morgan fingerprint density at radius 2 is 1.82 bits per heavy atom. The van der Waals surface area contributed by atoms with E-state index in [0.29, 0.717) is 12.1 Å². The quantitative estimate of drug-likeness (QED) is 0.607. The van der Waals surface area contributed by atoms with Gasteiger partial charge in [0.25, 0.3) is 10.0 Å². The van der Waals surface area contributed by atoms with E-state index < -0.39 is 10.0 Å². The highest BCUT2D eigenvalue weighted by Gasteiger charge is 2.16. The first-order valence-electron chi connectivity index (χ1n) is 8.73. The van der Waals surface area contributed by atoms with E-state index in [2.05, 4.69) is 15.0 Å². The van der Waals surface area contributed by atoms with E-state index in [4.69, 9.17) is 0 Å². The zero-order valence-electron chi connectivity index (χ0n) is 15.6. The van der Waals surface area contributed by atoms with Crippen molar-refractivity contribution in [2.24, 2.45) is 0 Å². The molecule has 28 heavy (non-hydrogen) atoms. The maximum absolute atomic E-state index is 12.3. The number of carbonyl (C=O) groups is 1. The van der Waals surface area contributed by atoms with Crippen LogP contribution in [0.2, 0.25) is 0 Å². The second kappa shape index (κ2) is 8.53. The number of nitrogens with zero attached hydrogens (tertiary/aromatic N) is 1. The molecule has 0 unspecified atom stereocenters. The highest BCUT2D eigenvalue weighted by Crippen LogP contribution is 2.21. The van der Waals surface area contributed by atoms with Crippen LogP contribution in [0, 0.1) is 13.8 Å². The van der Waals surface area contributed by atoms with Gasteiger partial charge in [-0.1, -0.05) is 30.3 Å². The normalized spacial score (nSPS) is 11.2. The third-order valence-electron chi connectivity index (χ3n) is 4.31. The van der Waals surface area contributed by atoms with Crippen molar-refractivity contribution < 1.29 is 13.2 Å². The number of hydrogen-bond acceptors (Lipinski definition) is 5. The van der Waals surface area contributed by atoms with Gasteiger partial charge in [0.2, 0.25) is 5.91 Å². The number of thiazole rings is 1. The van der Waals surface area contributed by atoms with Gasteiger partial charge in [-0.05, 0) is 49.6 Å². The number of carbonyl (C=O) groups excluding carboxylic acids is 1. The van der Waals surface area contributed by atoms with E-state index in [0.717, 1.165) is 16.8 Å². The summed E-state index contributed by atoms with van der Waals surface area (Å²) in [5.41, 5.74) is 3.64. The van der Waals surface area contributed by atoms with Crippen molar-refractivity contribution in [1.29, 1.82) is 0 Å². The van der Waals surface area contributed by atoms with Crippen molar-refractivity contribution in [3.05, 3.63) is 70.7 Å². The third kappa shape index (κ3) is 4.96. The van der Waals surface area contributed by atoms with Crippen LogP contribution in [0.3, 0.4) is 0 Å². The zero-order valence-corrected chi connectivity index (χ0v) is 17.2. The molecule has 0 saturated carbocycles. The van der Waals surface area contributed by atoms with E-state index in [9.17, 15) is 13.2 Å². The molecule has 8 heteroatoms. The summed E-state index contributed by atoms with van der Waals surface area (Å²) in [6, 6.07) is 13.9. The zero-order chi connectivity index (χ0) is 20.1. The molecule has 146 valence electrons. The molecule has 0 fully saturated rings.